The van der Waals surface area contributed by atoms with Crippen molar-refractivity contribution in [1.29, 1.82) is 0 Å². The van der Waals surface area contributed by atoms with Gasteiger partial charge in [-0.25, -0.2) is 4.79 Å². The van der Waals surface area contributed by atoms with Gasteiger partial charge < -0.3 is 10.2 Å². The van der Waals surface area contributed by atoms with E-state index in [9.17, 15) is 15.0 Å². The maximum absolute atomic E-state index is 11.3. The zero-order chi connectivity index (χ0) is 12.5. The molecule has 94 valence electrons. The molecule has 0 heterocycles. The molecular weight excluding hydrogens is 204 g/mol. The molecule has 1 fully saturated rings. The third-order valence-corrected chi connectivity index (χ3v) is 4.22. The van der Waals surface area contributed by atoms with Gasteiger partial charge in [0.25, 0.3) is 0 Å². The molecular formula is C13H24O3. The Balaban J connectivity index is 2.92. The van der Waals surface area contributed by atoms with Crippen molar-refractivity contribution in [3.8, 4) is 0 Å². The van der Waals surface area contributed by atoms with Gasteiger partial charge in [0.05, 0.1) is 0 Å². The van der Waals surface area contributed by atoms with Gasteiger partial charge in [-0.2, -0.15) is 0 Å². The second-order valence-corrected chi connectivity index (χ2v) is 5.79. The van der Waals surface area contributed by atoms with Crippen LogP contribution >= 0.6 is 0 Å². The van der Waals surface area contributed by atoms with Crippen LogP contribution < -0.4 is 0 Å². The van der Waals surface area contributed by atoms with Gasteiger partial charge >= 0.3 is 5.97 Å². The number of carbonyl (C=O) groups is 1. The zero-order valence-electron chi connectivity index (χ0n) is 10.7. The van der Waals surface area contributed by atoms with Crippen LogP contribution in [0.2, 0.25) is 0 Å². The summed E-state index contributed by atoms with van der Waals surface area (Å²) in [6.45, 7) is 7.84. The number of hydrogen-bond donors (Lipinski definition) is 2. The first kappa shape index (κ1) is 13.5. The third kappa shape index (κ3) is 2.24. The number of carboxylic acids is 1. The highest BCUT2D eigenvalue weighted by Gasteiger charge is 2.49. The van der Waals surface area contributed by atoms with E-state index < -0.39 is 11.6 Å². The average molecular weight is 228 g/mol. The number of aliphatic carboxylic acids is 1. The van der Waals surface area contributed by atoms with E-state index in [1.165, 1.54) is 0 Å². The van der Waals surface area contributed by atoms with E-state index in [1.54, 1.807) is 13.8 Å². The molecule has 4 atom stereocenters. The molecule has 0 aromatic rings. The van der Waals surface area contributed by atoms with Crippen molar-refractivity contribution in [3.05, 3.63) is 0 Å². The lowest BCUT2D eigenvalue weighted by Gasteiger charge is -2.43. The molecule has 0 aromatic carbocycles. The van der Waals surface area contributed by atoms with Gasteiger partial charge in [0.15, 0.2) is 5.60 Å². The molecule has 2 N–H and O–H groups in total. The van der Waals surface area contributed by atoms with Crippen LogP contribution in [-0.4, -0.2) is 21.8 Å². The Labute approximate surface area is 97.9 Å². The van der Waals surface area contributed by atoms with E-state index in [0.717, 1.165) is 19.3 Å². The van der Waals surface area contributed by atoms with E-state index in [-0.39, 0.29) is 17.8 Å². The van der Waals surface area contributed by atoms with Crippen LogP contribution in [-0.2, 0) is 4.79 Å². The average Bonchev–Trinajstić information content (AvgIpc) is 2.15. The highest BCUT2D eigenvalue weighted by molar-refractivity contribution is 5.78. The van der Waals surface area contributed by atoms with E-state index >= 15 is 0 Å². The Morgan fingerprint density at radius 2 is 1.88 bits per heavy atom. The molecule has 4 unspecified atom stereocenters. The van der Waals surface area contributed by atoms with Crippen molar-refractivity contribution < 1.29 is 15.0 Å². The second kappa shape index (κ2) is 4.74. The van der Waals surface area contributed by atoms with Crippen LogP contribution in [0, 0.1) is 23.7 Å². The van der Waals surface area contributed by atoms with E-state index in [2.05, 4.69) is 13.8 Å². The highest BCUT2D eigenvalue weighted by atomic mass is 16.4. The molecule has 0 amide bonds. The van der Waals surface area contributed by atoms with Crippen molar-refractivity contribution in [2.45, 2.75) is 52.6 Å². The van der Waals surface area contributed by atoms with Crippen molar-refractivity contribution >= 4 is 5.97 Å². The first-order chi connectivity index (χ1) is 7.30. The van der Waals surface area contributed by atoms with Crippen molar-refractivity contribution in [1.82, 2.24) is 0 Å². The fraction of sp³-hybridized carbons (Fsp3) is 0.923. The fourth-order valence-corrected chi connectivity index (χ4v) is 3.15. The summed E-state index contributed by atoms with van der Waals surface area (Å²) < 4.78 is 0. The summed E-state index contributed by atoms with van der Waals surface area (Å²) in [5, 5.41) is 19.7. The molecule has 0 radical (unpaired) electrons. The molecule has 1 aliphatic carbocycles. The summed E-state index contributed by atoms with van der Waals surface area (Å²) in [6, 6.07) is 0. The summed E-state index contributed by atoms with van der Waals surface area (Å²) in [7, 11) is 0. The van der Waals surface area contributed by atoms with Gasteiger partial charge in [0.1, 0.15) is 0 Å². The Morgan fingerprint density at radius 3 is 2.25 bits per heavy atom. The third-order valence-electron chi connectivity index (χ3n) is 4.22. The summed E-state index contributed by atoms with van der Waals surface area (Å²) in [5.41, 5.74) is -1.56. The van der Waals surface area contributed by atoms with E-state index in [0.29, 0.717) is 5.92 Å². The Hall–Kier alpha value is -0.570. The molecule has 1 rings (SSSR count). The van der Waals surface area contributed by atoms with Gasteiger partial charge in [-0.3, -0.25) is 0 Å². The van der Waals surface area contributed by atoms with Gasteiger partial charge in [-0.1, -0.05) is 34.1 Å². The minimum Gasteiger partial charge on any atom is -0.479 e. The lowest BCUT2D eigenvalue weighted by atomic mass is 9.64. The molecule has 0 spiro atoms. The standard InChI is InChI=1S/C13H24O3/c1-8(2)13(16,12(14)15)11-6-5-9(3)7-10(11)4/h8-11,16H,5-7H2,1-4H3,(H,14,15). The molecule has 0 bridgehead atoms. The van der Waals surface area contributed by atoms with E-state index in [4.69, 9.17) is 0 Å². The zero-order valence-corrected chi connectivity index (χ0v) is 10.7. The minimum absolute atomic E-state index is 0.110. The Morgan fingerprint density at radius 1 is 1.31 bits per heavy atom. The molecule has 16 heavy (non-hydrogen) atoms. The minimum atomic E-state index is -1.56. The molecule has 3 heteroatoms. The first-order valence-electron chi connectivity index (χ1n) is 6.25. The largest absolute Gasteiger partial charge is 0.479 e. The quantitative estimate of drug-likeness (QED) is 0.780. The van der Waals surface area contributed by atoms with Crippen molar-refractivity contribution in [2.24, 2.45) is 23.7 Å². The van der Waals surface area contributed by atoms with Gasteiger partial charge in [-0.05, 0) is 30.6 Å². The smallest absolute Gasteiger partial charge is 0.336 e. The predicted octanol–water partition coefficient (Wildman–Crippen LogP) is 2.53. The van der Waals surface area contributed by atoms with E-state index in [1.807, 2.05) is 0 Å². The molecule has 0 aliphatic heterocycles. The number of aliphatic hydroxyl groups is 1. The van der Waals surface area contributed by atoms with Crippen LogP contribution in [0.1, 0.15) is 47.0 Å². The number of carboxylic acid groups (broad SMARTS) is 1. The summed E-state index contributed by atoms with van der Waals surface area (Å²) in [5.74, 6) is -0.482. The molecule has 3 nitrogen and oxygen atoms in total. The second-order valence-electron chi connectivity index (χ2n) is 5.79. The summed E-state index contributed by atoms with van der Waals surface area (Å²) in [4.78, 5) is 11.3. The van der Waals surface area contributed by atoms with Crippen LogP contribution in [0.3, 0.4) is 0 Å². The lowest BCUT2D eigenvalue weighted by Crippen LogP contribution is -2.53. The lowest BCUT2D eigenvalue weighted by molar-refractivity contribution is -0.177. The van der Waals surface area contributed by atoms with Gasteiger partial charge in [-0.15, -0.1) is 0 Å². The van der Waals surface area contributed by atoms with Crippen molar-refractivity contribution in [3.63, 3.8) is 0 Å². The maximum Gasteiger partial charge on any atom is 0.336 e. The monoisotopic (exact) mass is 228 g/mol. The summed E-state index contributed by atoms with van der Waals surface area (Å²) >= 11 is 0. The van der Waals surface area contributed by atoms with Crippen LogP contribution in [0.4, 0.5) is 0 Å². The molecule has 1 saturated carbocycles. The number of rotatable bonds is 3. The predicted molar refractivity (Wildman–Crippen MR) is 63.1 cm³/mol. The SMILES string of the molecule is CC1CCC(C(O)(C(=O)O)C(C)C)C(C)C1. The molecule has 0 aromatic heterocycles. The Kier molecular flexibility index (Phi) is 4.00. The van der Waals surface area contributed by atoms with Crippen LogP contribution in [0.15, 0.2) is 0 Å². The van der Waals surface area contributed by atoms with Crippen LogP contribution in [0.5, 0.6) is 0 Å². The highest BCUT2D eigenvalue weighted by Crippen LogP contribution is 2.42. The van der Waals surface area contributed by atoms with Gasteiger partial charge in [0.2, 0.25) is 0 Å². The Bertz CT molecular complexity index is 262. The van der Waals surface area contributed by atoms with Crippen LogP contribution in [0.25, 0.3) is 0 Å². The topological polar surface area (TPSA) is 57.5 Å². The van der Waals surface area contributed by atoms with Crippen molar-refractivity contribution in [2.75, 3.05) is 0 Å². The first-order valence-corrected chi connectivity index (χ1v) is 6.25. The number of hydrogen-bond acceptors (Lipinski definition) is 2. The van der Waals surface area contributed by atoms with Gasteiger partial charge in [0, 0.05) is 5.92 Å². The molecule has 0 saturated heterocycles. The molecule has 1 aliphatic rings. The normalized spacial score (nSPS) is 34.8. The maximum atomic E-state index is 11.3. The summed E-state index contributed by atoms with van der Waals surface area (Å²) in [6.07, 6.45) is 2.87. The fourth-order valence-electron chi connectivity index (χ4n) is 3.15.